The van der Waals surface area contributed by atoms with E-state index in [1.54, 1.807) is 0 Å². The third-order valence-electron chi connectivity index (χ3n) is 7.38. The molecule has 1 heteroatoms. The van der Waals surface area contributed by atoms with Crippen molar-refractivity contribution >= 4 is 0 Å². The molecular weight excluding hydrogens is 412 g/mol. The van der Waals surface area contributed by atoms with Crippen LogP contribution in [-0.2, 0) is 4.74 Å². The Morgan fingerprint density at radius 3 is 0.853 bits per heavy atom. The Morgan fingerprint density at radius 2 is 0.618 bits per heavy atom. The maximum Gasteiger partial charge on any atom is 0.0644 e. The number of hydrogen-bond acceptors (Lipinski definition) is 1. The van der Waals surface area contributed by atoms with Crippen LogP contribution in [-0.4, -0.2) is 13.2 Å². The number of ether oxygens (including phenoxy) is 1. The highest BCUT2D eigenvalue weighted by atomic mass is 16.5. The predicted octanol–water partition coefficient (Wildman–Crippen LogP) is 12.1. The molecule has 204 valence electrons. The molecule has 0 aromatic carbocycles. The second kappa shape index (κ2) is 32.7. The molecule has 0 saturated carbocycles. The maximum atomic E-state index is 5.42. The Bertz CT molecular complexity index is 350. The zero-order valence-corrected chi connectivity index (χ0v) is 23.9. The maximum absolute atomic E-state index is 5.42. The van der Waals surface area contributed by atoms with Crippen molar-refractivity contribution in [2.24, 2.45) is 0 Å². The Kier molecular flexibility index (Phi) is 32.4. The topological polar surface area (TPSA) is 9.23 Å². The van der Waals surface area contributed by atoms with Gasteiger partial charge in [-0.3, -0.25) is 0 Å². The summed E-state index contributed by atoms with van der Waals surface area (Å²) in [5, 5.41) is 0. The van der Waals surface area contributed by atoms with Gasteiger partial charge in [-0.15, -0.1) is 6.58 Å². The quantitative estimate of drug-likeness (QED) is 0.0710. The fraction of sp³-hybridized carbons (Fsp3) is 0.939. The third-order valence-corrected chi connectivity index (χ3v) is 7.38. The van der Waals surface area contributed by atoms with Crippen LogP contribution in [0.1, 0.15) is 187 Å². The Balaban J connectivity index is 3.00. The number of unbranched alkanes of at least 4 members (excludes halogenated alkanes) is 27. The zero-order chi connectivity index (χ0) is 24.6. The summed E-state index contributed by atoms with van der Waals surface area (Å²) in [7, 11) is 0. The van der Waals surface area contributed by atoms with Crippen LogP contribution in [0.15, 0.2) is 12.7 Å². The van der Waals surface area contributed by atoms with Crippen molar-refractivity contribution in [2.45, 2.75) is 187 Å². The number of rotatable bonds is 31. The van der Waals surface area contributed by atoms with Crippen molar-refractivity contribution in [1.82, 2.24) is 0 Å². The van der Waals surface area contributed by atoms with Gasteiger partial charge in [0.15, 0.2) is 0 Å². The Morgan fingerprint density at radius 1 is 0.382 bits per heavy atom. The van der Waals surface area contributed by atoms with Gasteiger partial charge in [0.2, 0.25) is 0 Å². The molecule has 1 nitrogen and oxygen atoms in total. The molecule has 34 heavy (non-hydrogen) atoms. The van der Waals surface area contributed by atoms with Crippen molar-refractivity contribution in [1.29, 1.82) is 0 Å². The molecule has 0 unspecified atom stereocenters. The van der Waals surface area contributed by atoms with Crippen LogP contribution in [0, 0.1) is 0 Å². The molecule has 0 aromatic rings. The largest absolute Gasteiger partial charge is 0.377 e. The van der Waals surface area contributed by atoms with Crippen LogP contribution >= 0.6 is 0 Å². The lowest BCUT2D eigenvalue weighted by molar-refractivity contribution is 0.157. The molecule has 0 aliphatic heterocycles. The van der Waals surface area contributed by atoms with Crippen molar-refractivity contribution in [2.75, 3.05) is 13.2 Å². The molecule has 0 aromatic heterocycles. The highest BCUT2D eigenvalue weighted by molar-refractivity contribution is 4.63. The molecular formula is C33H66O. The minimum Gasteiger partial charge on any atom is -0.377 e. The fourth-order valence-electron chi connectivity index (χ4n) is 5.04. The van der Waals surface area contributed by atoms with Gasteiger partial charge in [0.25, 0.3) is 0 Å². The molecule has 0 atom stereocenters. The highest BCUT2D eigenvalue weighted by Gasteiger charge is 1.96. The predicted molar refractivity (Wildman–Crippen MR) is 156 cm³/mol. The van der Waals surface area contributed by atoms with Crippen LogP contribution in [0.3, 0.4) is 0 Å². The highest BCUT2D eigenvalue weighted by Crippen LogP contribution is 2.16. The van der Waals surface area contributed by atoms with Crippen LogP contribution in [0.25, 0.3) is 0 Å². The second-order valence-corrected chi connectivity index (χ2v) is 10.9. The lowest BCUT2D eigenvalue weighted by Crippen LogP contribution is -1.93. The van der Waals surface area contributed by atoms with Gasteiger partial charge in [0.05, 0.1) is 6.61 Å². The average Bonchev–Trinajstić information content (AvgIpc) is 2.85. The molecule has 0 spiro atoms. The first kappa shape index (κ1) is 33.7. The summed E-state index contributed by atoms with van der Waals surface area (Å²) < 4.78 is 5.42. The van der Waals surface area contributed by atoms with Crippen molar-refractivity contribution in [3.05, 3.63) is 12.7 Å². The van der Waals surface area contributed by atoms with Gasteiger partial charge in [-0.2, -0.15) is 0 Å². The Labute approximate surface area is 217 Å². The molecule has 0 saturated heterocycles. The molecule has 0 fully saturated rings. The SMILES string of the molecule is C=CCOCCCCCCCCCCCCCCCCCCCCCCCCCCCCCC. The smallest absolute Gasteiger partial charge is 0.0644 e. The first-order chi connectivity index (χ1) is 16.9. The van der Waals surface area contributed by atoms with Crippen LogP contribution in [0.2, 0.25) is 0 Å². The normalized spacial score (nSPS) is 11.3. The van der Waals surface area contributed by atoms with Crippen LogP contribution in [0.5, 0.6) is 0 Å². The molecule has 0 N–H and O–H groups in total. The summed E-state index contributed by atoms with van der Waals surface area (Å²) in [6.07, 6.45) is 42.5. The molecule has 0 heterocycles. The summed E-state index contributed by atoms with van der Waals surface area (Å²) in [5.74, 6) is 0. The van der Waals surface area contributed by atoms with E-state index in [1.165, 1.54) is 180 Å². The summed E-state index contributed by atoms with van der Waals surface area (Å²) in [4.78, 5) is 0. The van der Waals surface area contributed by atoms with E-state index >= 15 is 0 Å². The summed E-state index contributed by atoms with van der Waals surface area (Å²) in [6.45, 7) is 7.59. The van der Waals surface area contributed by atoms with E-state index in [1.807, 2.05) is 6.08 Å². The van der Waals surface area contributed by atoms with Gasteiger partial charge in [-0.05, 0) is 6.42 Å². The molecule has 0 aliphatic carbocycles. The lowest BCUT2D eigenvalue weighted by Gasteiger charge is -2.04. The molecule has 0 aliphatic rings. The lowest BCUT2D eigenvalue weighted by atomic mass is 10.0. The average molecular weight is 479 g/mol. The first-order valence-electron chi connectivity index (χ1n) is 16.1. The van der Waals surface area contributed by atoms with Gasteiger partial charge in [-0.1, -0.05) is 186 Å². The molecule has 0 bridgehead atoms. The van der Waals surface area contributed by atoms with Gasteiger partial charge in [-0.25, -0.2) is 0 Å². The van der Waals surface area contributed by atoms with Crippen molar-refractivity contribution in [3.8, 4) is 0 Å². The van der Waals surface area contributed by atoms with E-state index in [0.29, 0.717) is 6.61 Å². The Hall–Kier alpha value is -0.300. The van der Waals surface area contributed by atoms with Crippen molar-refractivity contribution < 1.29 is 4.74 Å². The van der Waals surface area contributed by atoms with Gasteiger partial charge >= 0.3 is 0 Å². The van der Waals surface area contributed by atoms with Gasteiger partial charge in [0.1, 0.15) is 0 Å². The minimum absolute atomic E-state index is 0.708. The summed E-state index contributed by atoms with van der Waals surface area (Å²) in [6, 6.07) is 0. The first-order valence-corrected chi connectivity index (χ1v) is 16.1. The monoisotopic (exact) mass is 479 g/mol. The van der Waals surface area contributed by atoms with E-state index in [-0.39, 0.29) is 0 Å². The zero-order valence-electron chi connectivity index (χ0n) is 23.9. The fourth-order valence-corrected chi connectivity index (χ4v) is 5.04. The van der Waals surface area contributed by atoms with E-state index in [2.05, 4.69) is 13.5 Å². The molecule has 0 amide bonds. The summed E-state index contributed by atoms with van der Waals surface area (Å²) >= 11 is 0. The molecule has 0 rings (SSSR count). The van der Waals surface area contributed by atoms with E-state index < -0.39 is 0 Å². The van der Waals surface area contributed by atoms with E-state index in [0.717, 1.165) is 6.61 Å². The van der Waals surface area contributed by atoms with Crippen molar-refractivity contribution in [3.63, 3.8) is 0 Å². The standard InChI is InChI=1S/C33H66O/c1-3-5-6-7-8-9-10-11-12-13-14-15-16-17-18-19-20-21-22-23-24-25-26-27-28-29-30-31-33-34-32-4-2/h4H,2-3,5-33H2,1H3. The van der Waals surface area contributed by atoms with Crippen LogP contribution in [0.4, 0.5) is 0 Å². The second-order valence-electron chi connectivity index (χ2n) is 10.9. The van der Waals surface area contributed by atoms with Gasteiger partial charge in [0, 0.05) is 6.61 Å². The number of hydrogen-bond donors (Lipinski definition) is 0. The third kappa shape index (κ3) is 31.7. The van der Waals surface area contributed by atoms with Crippen LogP contribution < -0.4 is 0 Å². The van der Waals surface area contributed by atoms with E-state index in [4.69, 9.17) is 4.74 Å². The molecule has 0 radical (unpaired) electrons. The minimum atomic E-state index is 0.708. The summed E-state index contributed by atoms with van der Waals surface area (Å²) in [5.41, 5.74) is 0. The van der Waals surface area contributed by atoms with Gasteiger partial charge < -0.3 is 4.74 Å². The van der Waals surface area contributed by atoms with E-state index in [9.17, 15) is 0 Å².